The summed E-state index contributed by atoms with van der Waals surface area (Å²) in [4.78, 5) is 14.3. The maximum Gasteiger partial charge on any atom is 0.165 e. The van der Waals surface area contributed by atoms with Gasteiger partial charge in [0.1, 0.15) is 12.9 Å². The Morgan fingerprint density at radius 1 is 1.39 bits per heavy atom. The number of benzene rings is 1. The minimum atomic E-state index is -0.579. The van der Waals surface area contributed by atoms with Crippen LogP contribution in [0.1, 0.15) is 15.9 Å². The summed E-state index contributed by atoms with van der Waals surface area (Å²) in [6.45, 7) is 0.138. The maximum atomic E-state index is 13.5. The van der Waals surface area contributed by atoms with Crippen LogP contribution in [-0.4, -0.2) is 11.3 Å². The molecule has 0 saturated carbocycles. The summed E-state index contributed by atoms with van der Waals surface area (Å²) < 4.78 is 18.8. The normalized spacial score (nSPS) is 10.1. The van der Waals surface area contributed by atoms with Gasteiger partial charge in [-0.1, -0.05) is 11.6 Å². The molecule has 1 aromatic heterocycles. The molecule has 18 heavy (non-hydrogen) atoms. The molecule has 5 heteroatoms. The van der Waals surface area contributed by atoms with Crippen molar-refractivity contribution in [1.82, 2.24) is 4.98 Å². The molecule has 2 aromatic rings. The standard InChI is InChI=1S/C13H9ClFNO2/c14-11-6-16-4-3-10(11)8-18-13-2-1-9(7-17)5-12(13)15/h1-7H,8H2. The quantitative estimate of drug-likeness (QED) is 0.797. The highest BCUT2D eigenvalue weighted by Gasteiger charge is 2.06. The molecule has 0 aliphatic heterocycles. The van der Waals surface area contributed by atoms with Crippen LogP contribution in [-0.2, 0) is 6.61 Å². The van der Waals surface area contributed by atoms with Crippen molar-refractivity contribution >= 4 is 17.9 Å². The van der Waals surface area contributed by atoms with Gasteiger partial charge in [-0.2, -0.15) is 0 Å². The Bertz CT molecular complexity index is 575. The Labute approximate surface area is 108 Å². The molecule has 0 spiro atoms. The minimum absolute atomic E-state index is 0.0773. The lowest BCUT2D eigenvalue weighted by atomic mass is 10.2. The number of aromatic nitrogens is 1. The van der Waals surface area contributed by atoms with Crippen molar-refractivity contribution in [3.8, 4) is 5.75 Å². The van der Waals surface area contributed by atoms with E-state index in [2.05, 4.69) is 4.98 Å². The number of rotatable bonds is 4. The van der Waals surface area contributed by atoms with Crippen LogP contribution in [0.25, 0.3) is 0 Å². The van der Waals surface area contributed by atoms with Crippen LogP contribution in [0.15, 0.2) is 36.7 Å². The number of hydrogen-bond acceptors (Lipinski definition) is 3. The van der Waals surface area contributed by atoms with E-state index < -0.39 is 5.82 Å². The lowest BCUT2D eigenvalue weighted by molar-refractivity contribution is 0.112. The highest BCUT2D eigenvalue weighted by Crippen LogP contribution is 2.21. The highest BCUT2D eigenvalue weighted by molar-refractivity contribution is 6.31. The summed E-state index contributed by atoms with van der Waals surface area (Å²) in [5.41, 5.74) is 0.979. The monoisotopic (exact) mass is 265 g/mol. The Morgan fingerprint density at radius 3 is 2.89 bits per heavy atom. The second kappa shape index (κ2) is 5.60. The van der Waals surface area contributed by atoms with Crippen LogP contribution < -0.4 is 4.74 Å². The molecule has 0 radical (unpaired) electrons. The molecule has 0 saturated heterocycles. The second-order valence-electron chi connectivity index (χ2n) is 3.56. The van der Waals surface area contributed by atoms with E-state index >= 15 is 0 Å². The summed E-state index contributed by atoms with van der Waals surface area (Å²) >= 11 is 5.90. The van der Waals surface area contributed by atoms with E-state index in [1.165, 1.54) is 18.3 Å². The molecule has 0 N–H and O–H groups in total. The van der Waals surface area contributed by atoms with Gasteiger partial charge >= 0.3 is 0 Å². The fraction of sp³-hybridized carbons (Fsp3) is 0.0769. The van der Waals surface area contributed by atoms with Crippen molar-refractivity contribution in [2.45, 2.75) is 6.61 Å². The third-order valence-electron chi connectivity index (χ3n) is 2.33. The fourth-order valence-corrected chi connectivity index (χ4v) is 1.56. The maximum absolute atomic E-state index is 13.5. The van der Waals surface area contributed by atoms with Crippen LogP contribution in [0.2, 0.25) is 5.02 Å². The molecule has 1 aromatic carbocycles. The van der Waals surface area contributed by atoms with E-state index in [0.29, 0.717) is 16.9 Å². The Balaban J connectivity index is 2.11. The minimum Gasteiger partial charge on any atom is -0.486 e. The van der Waals surface area contributed by atoms with Crippen LogP contribution in [0, 0.1) is 5.82 Å². The number of carbonyl (C=O) groups is 1. The Kier molecular flexibility index (Phi) is 3.89. The van der Waals surface area contributed by atoms with Crippen LogP contribution >= 0.6 is 11.6 Å². The van der Waals surface area contributed by atoms with E-state index in [-0.39, 0.29) is 17.9 Å². The number of pyridine rings is 1. The smallest absolute Gasteiger partial charge is 0.165 e. The Morgan fingerprint density at radius 2 is 2.22 bits per heavy atom. The molecule has 1 heterocycles. The zero-order valence-corrected chi connectivity index (χ0v) is 10.0. The molecule has 0 atom stereocenters. The number of hydrogen-bond donors (Lipinski definition) is 0. The van der Waals surface area contributed by atoms with Crippen molar-refractivity contribution in [3.63, 3.8) is 0 Å². The van der Waals surface area contributed by atoms with Gasteiger partial charge in [-0.15, -0.1) is 0 Å². The first-order valence-corrected chi connectivity index (χ1v) is 5.54. The molecule has 0 fully saturated rings. The SMILES string of the molecule is O=Cc1ccc(OCc2ccncc2Cl)c(F)c1. The summed E-state index contributed by atoms with van der Waals surface area (Å²) in [5, 5.41) is 0.461. The lowest BCUT2D eigenvalue weighted by Crippen LogP contribution is -1.99. The van der Waals surface area contributed by atoms with Crippen molar-refractivity contribution in [2.24, 2.45) is 0 Å². The van der Waals surface area contributed by atoms with Gasteiger partial charge in [-0.05, 0) is 24.3 Å². The summed E-state index contributed by atoms with van der Waals surface area (Å²) in [7, 11) is 0. The molecule has 2 rings (SSSR count). The van der Waals surface area contributed by atoms with E-state index in [1.807, 2.05) is 0 Å². The third kappa shape index (κ3) is 2.84. The summed E-state index contributed by atoms with van der Waals surface area (Å²) in [6.07, 6.45) is 3.65. The molecule has 92 valence electrons. The van der Waals surface area contributed by atoms with Crippen molar-refractivity contribution in [1.29, 1.82) is 0 Å². The number of aldehydes is 1. The molecule has 3 nitrogen and oxygen atoms in total. The van der Waals surface area contributed by atoms with Gasteiger partial charge in [-0.3, -0.25) is 9.78 Å². The average Bonchev–Trinajstić information content (AvgIpc) is 2.39. The number of carbonyl (C=O) groups excluding carboxylic acids is 1. The zero-order chi connectivity index (χ0) is 13.0. The topological polar surface area (TPSA) is 39.2 Å². The first-order chi connectivity index (χ1) is 8.70. The van der Waals surface area contributed by atoms with E-state index in [9.17, 15) is 9.18 Å². The van der Waals surface area contributed by atoms with Gasteiger partial charge < -0.3 is 4.74 Å². The van der Waals surface area contributed by atoms with Gasteiger partial charge in [0.15, 0.2) is 11.6 Å². The van der Waals surface area contributed by atoms with Gasteiger partial charge in [-0.25, -0.2) is 4.39 Å². The van der Waals surface area contributed by atoms with Crippen LogP contribution in [0.3, 0.4) is 0 Å². The van der Waals surface area contributed by atoms with Gasteiger partial charge in [0.2, 0.25) is 0 Å². The van der Waals surface area contributed by atoms with E-state index in [4.69, 9.17) is 16.3 Å². The Hall–Kier alpha value is -1.94. The number of nitrogens with zero attached hydrogens (tertiary/aromatic N) is 1. The van der Waals surface area contributed by atoms with Gasteiger partial charge in [0.05, 0.1) is 5.02 Å². The summed E-state index contributed by atoms with van der Waals surface area (Å²) in [5.74, 6) is -0.502. The number of halogens is 2. The fourth-order valence-electron chi connectivity index (χ4n) is 1.38. The summed E-state index contributed by atoms with van der Waals surface area (Å²) in [6, 6.07) is 5.71. The molecular formula is C13H9ClFNO2. The predicted molar refractivity (Wildman–Crippen MR) is 65.4 cm³/mol. The lowest BCUT2D eigenvalue weighted by Gasteiger charge is -2.08. The highest BCUT2D eigenvalue weighted by atomic mass is 35.5. The first kappa shape index (κ1) is 12.5. The van der Waals surface area contributed by atoms with Gasteiger partial charge in [0, 0.05) is 23.5 Å². The largest absolute Gasteiger partial charge is 0.486 e. The third-order valence-corrected chi connectivity index (χ3v) is 2.67. The first-order valence-electron chi connectivity index (χ1n) is 5.16. The van der Waals surface area contributed by atoms with Crippen LogP contribution in [0.5, 0.6) is 5.75 Å². The molecule has 0 amide bonds. The average molecular weight is 266 g/mol. The molecule has 0 bridgehead atoms. The van der Waals surface area contributed by atoms with Crippen LogP contribution in [0.4, 0.5) is 4.39 Å². The molecule has 0 aliphatic carbocycles. The molecule has 0 aliphatic rings. The number of ether oxygens (including phenoxy) is 1. The second-order valence-corrected chi connectivity index (χ2v) is 3.97. The molecular weight excluding hydrogens is 257 g/mol. The predicted octanol–water partition coefficient (Wildman–Crippen LogP) is 3.27. The van der Waals surface area contributed by atoms with E-state index in [0.717, 1.165) is 6.07 Å². The van der Waals surface area contributed by atoms with Gasteiger partial charge in [0.25, 0.3) is 0 Å². The van der Waals surface area contributed by atoms with Crippen molar-refractivity contribution < 1.29 is 13.9 Å². The van der Waals surface area contributed by atoms with Crippen molar-refractivity contribution in [3.05, 3.63) is 58.6 Å². The van der Waals surface area contributed by atoms with E-state index in [1.54, 1.807) is 12.3 Å². The molecule has 0 unspecified atom stereocenters. The van der Waals surface area contributed by atoms with Crippen molar-refractivity contribution in [2.75, 3.05) is 0 Å². The zero-order valence-electron chi connectivity index (χ0n) is 9.27.